The standard InChI is InChI=1S/C55H95FN6O11S/c1-16-45-55(10,66)50(63)39(7)61(12)32-34(2)27-54(9,65)51(37(5)48(38(6)52(64)71-45)72-47-29-53(8,68-14)28-36(4)70-47)73-46-26-43(25-35(3)69-46)60(11)23-21-42-33-62(59-58-42)44(30-56)49(67-13)41-19-17-40(18-20-41)31-57-22-24-74-15/h17-20,33-39,43-51,57,63,65-66H,16,21-32H2,1-15H3/t34-,35-,36+,37+,38-,39-,43+,44-,45-,46+,47+,48?,49-,50-,51-,53+,54-,55-/m1/s1. The van der Waals surface area contributed by atoms with Crippen LogP contribution >= 0.6 is 11.8 Å². The van der Waals surface area contributed by atoms with Crippen molar-refractivity contribution in [2.75, 3.05) is 66.6 Å². The Balaban J connectivity index is 1.38. The van der Waals surface area contributed by atoms with Gasteiger partial charge in [-0.25, -0.2) is 9.07 Å². The molecule has 1 aromatic carbocycles. The van der Waals surface area contributed by atoms with Crippen LogP contribution in [0.2, 0.25) is 0 Å². The molecule has 4 N–H and O–H groups in total. The summed E-state index contributed by atoms with van der Waals surface area (Å²) in [6.07, 6.45) is 0.606. The number of carbonyl (C=O) groups excluding carboxylic acids is 1. The summed E-state index contributed by atoms with van der Waals surface area (Å²) in [5.74, 6) is -1.29. The van der Waals surface area contributed by atoms with Gasteiger partial charge in [-0.15, -0.1) is 5.10 Å². The van der Waals surface area contributed by atoms with Gasteiger partial charge in [0.15, 0.2) is 12.6 Å². The van der Waals surface area contributed by atoms with Crippen LogP contribution in [0, 0.1) is 17.8 Å². The van der Waals surface area contributed by atoms with Gasteiger partial charge in [0.1, 0.15) is 36.6 Å². The van der Waals surface area contributed by atoms with Crippen LogP contribution in [-0.4, -0.2) is 191 Å². The largest absolute Gasteiger partial charge is 0.459 e. The predicted molar refractivity (Wildman–Crippen MR) is 285 cm³/mol. The lowest BCUT2D eigenvalue weighted by Crippen LogP contribution is -2.59. The molecule has 19 heteroatoms. The first kappa shape index (κ1) is 62.5. The third kappa shape index (κ3) is 16.3. The molecule has 5 rings (SSSR count). The number of alkyl halides is 1. The Bertz CT molecular complexity index is 1990. The second kappa shape index (κ2) is 28.0. The zero-order valence-corrected chi connectivity index (χ0v) is 48.2. The van der Waals surface area contributed by atoms with E-state index in [1.54, 1.807) is 44.5 Å². The Morgan fingerprint density at radius 1 is 0.986 bits per heavy atom. The lowest BCUT2D eigenvalue weighted by atomic mass is 9.77. The zero-order valence-electron chi connectivity index (χ0n) is 47.4. The average molecular weight is 1070 g/mol. The Hall–Kier alpha value is -2.37. The van der Waals surface area contributed by atoms with Gasteiger partial charge in [-0.2, -0.15) is 11.8 Å². The fourth-order valence-corrected chi connectivity index (χ4v) is 12.1. The van der Waals surface area contributed by atoms with Gasteiger partial charge in [0.2, 0.25) is 0 Å². The maximum atomic E-state index is 14.9. The number of aliphatic hydroxyl groups is 3. The van der Waals surface area contributed by atoms with Gasteiger partial charge in [-0.3, -0.25) is 4.79 Å². The Morgan fingerprint density at radius 3 is 2.31 bits per heavy atom. The van der Waals surface area contributed by atoms with E-state index < -0.39 is 96.5 Å². The highest BCUT2D eigenvalue weighted by atomic mass is 32.2. The molecule has 0 saturated carbocycles. The van der Waals surface area contributed by atoms with E-state index in [2.05, 4.69) is 33.8 Å². The van der Waals surface area contributed by atoms with Crippen LogP contribution in [0.25, 0.3) is 0 Å². The number of aromatic nitrogens is 3. The molecule has 3 aliphatic heterocycles. The number of ether oxygens (including phenoxy) is 7. The molecule has 17 nitrogen and oxygen atoms in total. The van der Waals surface area contributed by atoms with Crippen LogP contribution < -0.4 is 5.32 Å². The smallest absolute Gasteiger partial charge is 0.311 e. The maximum absolute atomic E-state index is 14.9. The number of cyclic esters (lactones) is 1. The van der Waals surface area contributed by atoms with Crippen molar-refractivity contribution in [3.05, 3.63) is 47.3 Å². The molecular formula is C55H95FN6O11S. The molecule has 3 fully saturated rings. The molecule has 1 unspecified atom stereocenters. The average Bonchev–Trinajstić information content (AvgIpc) is 3.83. The van der Waals surface area contributed by atoms with Gasteiger partial charge < -0.3 is 63.6 Å². The predicted octanol–water partition coefficient (Wildman–Crippen LogP) is 6.51. The fraction of sp³-hybridized carbons (Fsp3) is 0.836. The van der Waals surface area contributed by atoms with Gasteiger partial charge in [-0.1, -0.05) is 50.3 Å². The number of rotatable bonds is 20. The van der Waals surface area contributed by atoms with Gasteiger partial charge in [0.25, 0.3) is 0 Å². The molecule has 4 heterocycles. The summed E-state index contributed by atoms with van der Waals surface area (Å²) in [6, 6.07) is 6.85. The molecule has 0 bridgehead atoms. The van der Waals surface area contributed by atoms with E-state index in [4.69, 9.17) is 33.2 Å². The van der Waals surface area contributed by atoms with Crippen molar-refractivity contribution >= 4 is 17.7 Å². The number of likely N-dealkylation sites (N-methyl/N-ethyl adjacent to an activating group) is 2. The SMILES string of the molecule is CC[C@H]1OC(=O)[C@H](C)C(O[C@H]2C[C@@](C)(OC)C[C@H](C)O2)[C@H](C)[C@@H](O[C@H]2C[C@@H](N(C)CCc3cn([C@H](CF)[C@H](OC)c4ccc(CNCCSC)cc4)nn3)C[C@@H](C)O2)[C@](C)(O)C[C@@H](C)CN(C)[C@H](C)[C@@H](O)[C@]1(C)O. The van der Waals surface area contributed by atoms with Crippen molar-refractivity contribution < 1.29 is 57.7 Å². The second-order valence-electron chi connectivity index (χ2n) is 22.8. The molecule has 2 aromatic rings. The van der Waals surface area contributed by atoms with Crippen molar-refractivity contribution in [1.82, 2.24) is 30.1 Å². The zero-order chi connectivity index (χ0) is 54.7. The van der Waals surface area contributed by atoms with Crippen LogP contribution in [0.1, 0.15) is 137 Å². The van der Waals surface area contributed by atoms with E-state index in [9.17, 15) is 24.5 Å². The monoisotopic (exact) mass is 1070 g/mol. The molecule has 0 amide bonds. The highest BCUT2D eigenvalue weighted by molar-refractivity contribution is 7.98. The highest BCUT2D eigenvalue weighted by Crippen LogP contribution is 2.40. The van der Waals surface area contributed by atoms with Crippen LogP contribution in [-0.2, 0) is 50.9 Å². The summed E-state index contributed by atoms with van der Waals surface area (Å²) >= 11 is 1.80. The number of methoxy groups -OCH3 is 2. The summed E-state index contributed by atoms with van der Waals surface area (Å²) < 4.78 is 61.5. The van der Waals surface area contributed by atoms with Crippen LogP contribution in [0.4, 0.5) is 4.39 Å². The third-order valence-corrected chi connectivity index (χ3v) is 16.9. The summed E-state index contributed by atoms with van der Waals surface area (Å²) in [5, 5.41) is 48.8. The summed E-state index contributed by atoms with van der Waals surface area (Å²) in [5.41, 5.74) is -1.10. The number of halogens is 1. The van der Waals surface area contributed by atoms with Crippen LogP contribution in [0.5, 0.6) is 0 Å². The number of esters is 1. The number of nitrogens with zero attached hydrogens (tertiary/aromatic N) is 5. The van der Waals surface area contributed by atoms with E-state index >= 15 is 0 Å². The molecule has 0 aliphatic carbocycles. The van der Waals surface area contributed by atoms with E-state index in [1.165, 1.54) is 6.92 Å². The Kier molecular flexibility index (Phi) is 23.6. The summed E-state index contributed by atoms with van der Waals surface area (Å²) in [4.78, 5) is 18.7. The number of hydrogen-bond acceptors (Lipinski definition) is 17. The van der Waals surface area contributed by atoms with Gasteiger partial charge in [0, 0.05) is 96.0 Å². The van der Waals surface area contributed by atoms with E-state index in [-0.39, 0.29) is 37.0 Å². The quantitative estimate of drug-likeness (QED) is 0.0828. The number of thioether (sulfide) groups is 1. The summed E-state index contributed by atoms with van der Waals surface area (Å²) in [7, 11) is 7.20. The minimum absolute atomic E-state index is 0.0190. The topological polar surface area (TPSA) is 192 Å². The minimum atomic E-state index is -1.79. The van der Waals surface area contributed by atoms with Crippen molar-refractivity contribution in [1.29, 1.82) is 0 Å². The molecule has 3 aliphatic rings. The first-order valence-electron chi connectivity index (χ1n) is 27.1. The molecule has 18 atom stereocenters. The second-order valence-corrected chi connectivity index (χ2v) is 23.8. The number of nitrogens with one attached hydrogen (secondary N) is 1. The number of aliphatic hydroxyl groups excluding tert-OH is 1. The molecular weight excluding hydrogens is 972 g/mol. The number of carbonyl (C=O) groups is 1. The van der Waals surface area contributed by atoms with Gasteiger partial charge >= 0.3 is 5.97 Å². The van der Waals surface area contributed by atoms with Gasteiger partial charge in [-0.05, 0) is 105 Å². The number of hydrogen-bond donors (Lipinski definition) is 4. The molecule has 3 saturated heterocycles. The first-order chi connectivity index (χ1) is 34.9. The lowest BCUT2D eigenvalue weighted by molar-refractivity contribution is -0.292. The molecule has 74 heavy (non-hydrogen) atoms. The van der Waals surface area contributed by atoms with Crippen molar-refractivity contribution in [3.63, 3.8) is 0 Å². The Labute approximate surface area is 446 Å². The fourth-order valence-electron chi connectivity index (χ4n) is 11.8. The van der Waals surface area contributed by atoms with Gasteiger partial charge in [0.05, 0.1) is 47.2 Å². The van der Waals surface area contributed by atoms with E-state index in [0.717, 1.165) is 42.1 Å². The molecule has 0 spiro atoms. The van der Waals surface area contributed by atoms with Crippen LogP contribution in [0.3, 0.4) is 0 Å². The highest BCUT2D eigenvalue weighted by Gasteiger charge is 2.51. The first-order valence-corrected chi connectivity index (χ1v) is 28.5. The Morgan fingerprint density at radius 2 is 1.68 bits per heavy atom. The molecule has 0 radical (unpaired) electrons. The van der Waals surface area contributed by atoms with E-state index in [0.29, 0.717) is 38.8 Å². The van der Waals surface area contributed by atoms with Crippen molar-refractivity contribution in [2.24, 2.45) is 17.8 Å². The van der Waals surface area contributed by atoms with Crippen molar-refractivity contribution in [3.8, 4) is 0 Å². The maximum Gasteiger partial charge on any atom is 0.311 e. The minimum Gasteiger partial charge on any atom is -0.459 e. The van der Waals surface area contributed by atoms with Crippen molar-refractivity contribution in [2.45, 2.75) is 211 Å². The molecule has 1 aromatic heterocycles. The molecule has 424 valence electrons. The third-order valence-electron chi connectivity index (χ3n) is 16.2. The van der Waals surface area contributed by atoms with E-state index in [1.807, 2.05) is 90.9 Å². The normalized spacial score (nSPS) is 37.2. The lowest BCUT2D eigenvalue weighted by Gasteiger charge is -2.47. The van der Waals surface area contributed by atoms with Crippen LogP contribution in [0.15, 0.2) is 30.5 Å². The number of benzene rings is 1. The summed E-state index contributed by atoms with van der Waals surface area (Å²) in [6.45, 7) is 20.7.